The molecule has 4 nitrogen and oxygen atoms in total. The predicted octanol–water partition coefficient (Wildman–Crippen LogP) is 17.0. The van der Waals surface area contributed by atoms with E-state index in [1.54, 1.807) is 0 Å². The molecule has 0 spiro atoms. The molecular formula is C61H48N4. The average Bonchev–Trinajstić information content (AvgIpc) is 3.89. The number of rotatable bonds is 11. The lowest BCUT2D eigenvalue weighted by molar-refractivity contribution is 1.16. The Kier molecular flexibility index (Phi) is 10.4. The molecule has 9 aromatic carbocycles. The van der Waals surface area contributed by atoms with Crippen molar-refractivity contribution in [2.75, 3.05) is 9.80 Å². The topological polar surface area (TPSA) is 16.3 Å². The Balaban J connectivity index is 0.953. The molecule has 0 radical (unpaired) electrons. The molecule has 0 aliphatic heterocycles. The van der Waals surface area contributed by atoms with Crippen LogP contribution >= 0.6 is 0 Å². The Morgan fingerprint density at radius 3 is 1.34 bits per heavy atom. The Labute approximate surface area is 380 Å². The van der Waals surface area contributed by atoms with Gasteiger partial charge in [-0.2, -0.15) is 0 Å². The normalized spacial score (nSPS) is 11.9. The van der Waals surface area contributed by atoms with Gasteiger partial charge in [-0.1, -0.05) is 134 Å². The molecule has 0 amide bonds. The minimum Gasteiger partial charge on any atom is -0.311 e. The molecule has 0 saturated carbocycles. The molecule has 4 heteroatoms. The molecule has 11 rings (SSSR count). The zero-order valence-electron chi connectivity index (χ0n) is 36.6. The van der Waals surface area contributed by atoms with Crippen molar-refractivity contribution in [2.45, 2.75) is 20.3 Å². The molecule has 312 valence electrons. The first-order chi connectivity index (χ1) is 32.2. The summed E-state index contributed by atoms with van der Waals surface area (Å²) in [7, 11) is 0. The van der Waals surface area contributed by atoms with E-state index in [-0.39, 0.29) is 0 Å². The first-order valence-corrected chi connectivity index (χ1v) is 22.5. The summed E-state index contributed by atoms with van der Waals surface area (Å²) < 4.78 is 4.74. The summed E-state index contributed by atoms with van der Waals surface area (Å²) >= 11 is 0. The molecule has 0 N–H and O–H groups in total. The second kappa shape index (κ2) is 17.1. The smallest absolute Gasteiger partial charge is 0.0542 e. The number of aromatic nitrogens is 2. The maximum atomic E-state index is 2.37. The molecule has 0 saturated heterocycles. The van der Waals surface area contributed by atoms with E-state index in [4.69, 9.17) is 0 Å². The van der Waals surface area contributed by atoms with Gasteiger partial charge in [0.05, 0.1) is 22.1 Å². The second-order valence-electron chi connectivity index (χ2n) is 16.4. The first kappa shape index (κ1) is 39.5. The van der Waals surface area contributed by atoms with Gasteiger partial charge in [-0.3, -0.25) is 0 Å². The monoisotopic (exact) mass is 836 g/mol. The van der Waals surface area contributed by atoms with Crippen LogP contribution in [0.25, 0.3) is 66.1 Å². The summed E-state index contributed by atoms with van der Waals surface area (Å²) in [6.07, 6.45) is 7.63. The highest BCUT2D eigenvalue weighted by Crippen LogP contribution is 2.42. The summed E-state index contributed by atoms with van der Waals surface area (Å²) in [6, 6.07) is 81.1. The second-order valence-corrected chi connectivity index (χ2v) is 16.4. The standard InChI is InChI=1S/C61H48N4/c1-3-5-19-46(4-2)62(52-38-40-60-56(42-52)54-26-15-17-28-58(54)64(60)48-22-11-7-12-23-48)50-34-30-44(31-35-50)45-32-36-51(37-33-45)63(47-20-9-6-10-21-47)53-39-41-61-57(43-53)55-27-16-18-29-59(55)65(61)49-24-13-8-14-25-49/h4-43H,3H2,1-2H3/b19-5-,46-4+. The first-order valence-electron chi connectivity index (χ1n) is 22.5. The van der Waals surface area contributed by atoms with Crippen LogP contribution in [0.15, 0.2) is 248 Å². The number of anilines is 5. The van der Waals surface area contributed by atoms with Crippen molar-refractivity contribution in [1.29, 1.82) is 0 Å². The fourth-order valence-corrected chi connectivity index (χ4v) is 9.53. The molecule has 2 aromatic heterocycles. The highest BCUT2D eigenvalue weighted by molar-refractivity contribution is 6.12. The van der Waals surface area contributed by atoms with Gasteiger partial charge in [-0.25, -0.2) is 0 Å². The van der Waals surface area contributed by atoms with Crippen molar-refractivity contribution in [3.8, 4) is 22.5 Å². The third kappa shape index (κ3) is 7.16. The van der Waals surface area contributed by atoms with Crippen molar-refractivity contribution in [3.63, 3.8) is 0 Å². The van der Waals surface area contributed by atoms with E-state index >= 15 is 0 Å². The maximum Gasteiger partial charge on any atom is 0.0542 e. The lowest BCUT2D eigenvalue weighted by Crippen LogP contribution is -2.15. The Hall–Kier alpha value is -8.34. The minimum atomic E-state index is 0.957. The number of hydrogen-bond donors (Lipinski definition) is 0. The third-order valence-corrected chi connectivity index (χ3v) is 12.5. The van der Waals surface area contributed by atoms with E-state index in [0.717, 1.165) is 63.1 Å². The third-order valence-electron chi connectivity index (χ3n) is 12.5. The van der Waals surface area contributed by atoms with E-state index < -0.39 is 0 Å². The molecular weight excluding hydrogens is 789 g/mol. The van der Waals surface area contributed by atoms with Crippen LogP contribution in [0.3, 0.4) is 0 Å². The highest BCUT2D eigenvalue weighted by atomic mass is 15.2. The predicted molar refractivity (Wildman–Crippen MR) is 277 cm³/mol. The number of allylic oxidation sites excluding steroid dienone is 3. The van der Waals surface area contributed by atoms with E-state index in [2.05, 4.69) is 275 Å². The van der Waals surface area contributed by atoms with Crippen LogP contribution in [-0.2, 0) is 0 Å². The molecule has 65 heavy (non-hydrogen) atoms. The van der Waals surface area contributed by atoms with Crippen LogP contribution < -0.4 is 9.80 Å². The Morgan fingerprint density at radius 1 is 0.400 bits per heavy atom. The van der Waals surface area contributed by atoms with Gasteiger partial charge in [0, 0.05) is 67.1 Å². The quantitative estimate of drug-likeness (QED) is 0.121. The number of para-hydroxylation sites is 5. The van der Waals surface area contributed by atoms with Gasteiger partial charge in [0.15, 0.2) is 0 Å². The molecule has 11 aromatic rings. The number of nitrogens with zero attached hydrogens (tertiary/aromatic N) is 4. The van der Waals surface area contributed by atoms with Gasteiger partial charge in [-0.05, 0) is 140 Å². The largest absolute Gasteiger partial charge is 0.311 e. The van der Waals surface area contributed by atoms with Crippen LogP contribution in [0.2, 0.25) is 0 Å². The summed E-state index contributed by atoms with van der Waals surface area (Å²) in [6.45, 7) is 4.31. The van der Waals surface area contributed by atoms with Crippen LogP contribution in [0.5, 0.6) is 0 Å². The maximum absolute atomic E-state index is 2.37. The van der Waals surface area contributed by atoms with Crippen molar-refractivity contribution < 1.29 is 0 Å². The van der Waals surface area contributed by atoms with Crippen LogP contribution in [0.4, 0.5) is 28.4 Å². The lowest BCUT2D eigenvalue weighted by atomic mass is 10.0. The van der Waals surface area contributed by atoms with E-state index in [1.807, 2.05) is 0 Å². The van der Waals surface area contributed by atoms with Gasteiger partial charge in [0.1, 0.15) is 0 Å². The van der Waals surface area contributed by atoms with Crippen molar-refractivity contribution >= 4 is 72.0 Å². The molecule has 0 aliphatic rings. The molecule has 0 fully saturated rings. The number of fused-ring (bicyclic) bond motifs is 6. The van der Waals surface area contributed by atoms with Gasteiger partial charge in [0.25, 0.3) is 0 Å². The van der Waals surface area contributed by atoms with Crippen LogP contribution in [0.1, 0.15) is 20.3 Å². The molecule has 0 atom stereocenters. The fourth-order valence-electron chi connectivity index (χ4n) is 9.53. The number of hydrogen-bond acceptors (Lipinski definition) is 2. The highest BCUT2D eigenvalue weighted by Gasteiger charge is 2.20. The Bertz CT molecular complexity index is 3510. The fraction of sp³-hybridized carbons (Fsp3) is 0.0492. The van der Waals surface area contributed by atoms with E-state index in [9.17, 15) is 0 Å². The van der Waals surface area contributed by atoms with Crippen molar-refractivity contribution in [1.82, 2.24) is 9.13 Å². The number of benzene rings is 9. The summed E-state index contributed by atoms with van der Waals surface area (Å²) in [5, 5.41) is 4.92. The minimum absolute atomic E-state index is 0.957. The molecule has 0 aliphatic carbocycles. The summed E-state index contributed by atoms with van der Waals surface area (Å²) in [5.74, 6) is 0. The summed E-state index contributed by atoms with van der Waals surface area (Å²) in [5.41, 5.74) is 16.1. The van der Waals surface area contributed by atoms with E-state index in [0.29, 0.717) is 0 Å². The SMILES string of the molecule is C/C=C(\C=C/CC)N(c1ccc(-c2ccc(N(c3ccccc3)c3ccc4c(c3)c3ccccc3n4-c3ccccc3)cc2)cc1)c1ccc2c(c1)c1ccccc1n2-c1ccccc1. The zero-order chi connectivity index (χ0) is 43.7. The van der Waals surface area contributed by atoms with Crippen LogP contribution in [0, 0.1) is 0 Å². The van der Waals surface area contributed by atoms with Crippen molar-refractivity contribution in [2.24, 2.45) is 0 Å². The van der Waals surface area contributed by atoms with Crippen molar-refractivity contribution in [3.05, 3.63) is 248 Å². The van der Waals surface area contributed by atoms with Gasteiger partial charge >= 0.3 is 0 Å². The molecule has 0 unspecified atom stereocenters. The van der Waals surface area contributed by atoms with Crippen LogP contribution in [-0.4, -0.2) is 9.13 Å². The van der Waals surface area contributed by atoms with Gasteiger partial charge in [-0.15, -0.1) is 0 Å². The Morgan fingerprint density at radius 2 is 0.815 bits per heavy atom. The summed E-state index contributed by atoms with van der Waals surface area (Å²) in [4.78, 5) is 4.73. The zero-order valence-corrected chi connectivity index (χ0v) is 36.6. The lowest BCUT2D eigenvalue weighted by Gasteiger charge is -2.27. The molecule has 0 bridgehead atoms. The average molecular weight is 837 g/mol. The van der Waals surface area contributed by atoms with Gasteiger partial charge in [0.2, 0.25) is 0 Å². The molecule has 2 heterocycles. The van der Waals surface area contributed by atoms with E-state index in [1.165, 1.54) is 43.6 Å². The van der Waals surface area contributed by atoms with Gasteiger partial charge < -0.3 is 18.9 Å².